The predicted octanol–water partition coefficient (Wildman–Crippen LogP) is 0.772. The summed E-state index contributed by atoms with van der Waals surface area (Å²) in [6.07, 6.45) is 1.11. The van der Waals surface area contributed by atoms with Crippen LogP contribution in [0.1, 0.15) is 18.4 Å². The van der Waals surface area contributed by atoms with E-state index in [1.54, 1.807) is 6.07 Å². The van der Waals surface area contributed by atoms with Crippen molar-refractivity contribution in [3.05, 3.63) is 29.8 Å². The lowest BCUT2D eigenvalue weighted by Crippen LogP contribution is -2.26. The molecule has 0 aliphatic heterocycles. The molecule has 114 valence electrons. The first-order chi connectivity index (χ1) is 9.24. The van der Waals surface area contributed by atoms with Gasteiger partial charge in [0.1, 0.15) is 0 Å². The molecule has 0 aliphatic carbocycles. The molecule has 20 heavy (non-hydrogen) atoms. The van der Waals surface area contributed by atoms with Crippen molar-refractivity contribution in [3.8, 4) is 0 Å². The summed E-state index contributed by atoms with van der Waals surface area (Å²) in [5, 5.41) is 5.01. The van der Waals surface area contributed by atoms with E-state index in [-0.39, 0.29) is 17.2 Å². The maximum absolute atomic E-state index is 11.7. The zero-order valence-electron chi connectivity index (χ0n) is 10.7. The van der Waals surface area contributed by atoms with E-state index in [2.05, 4.69) is 4.72 Å². The molecule has 0 saturated heterocycles. The Hall–Kier alpha value is -0.670. The highest BCUT2D eigenvalue weighted by atomic mass is 35.5. The first kappa shape index (κ1) is 17.4. The van der Waals surface area contributed by atoms with E-state index in [0.29, 0.717) is 24.3 Å². The van der Waals surface area contributed by atoms with Crippen LogP contribution in [0.5, 0.6) is 0 Å². The lowest BCUT2D eigenvalue weighted by molar-refractivity contribution is 0.578. The maximum Gasteiger partial charge on any atom is 0.238 e. The number of nitrogens with two attached hydrogens (primary N) is 1. The van der Waals surface area contributed by atoms with Gasteiger partial charge in [-0.1, -0.05) is 12.1 Å². The van der Waals surface area contributed by atoms with Crippen molar-refractivity contribution in [1.29, 1.82) is 0 Å². The number of unbranched alkanes of at least 4 members (excludes halogenated alkanes) is 1. The van der Waals surface area contributed by atoms with Gasteiger partial charge in [-0.2, -0.15) is 0 Å². The topological polar surface area (TPSA) is 106 Å². The van der Waals surface area contributed by atoms with Crippen LogP contribution in [0.15, 0.2) is 29.2 Å². The van der Waals surface area contributed by atoms with Crippen LogP contribution in [0.2, 0.25) is 0 Å². The second-order valence-electron chi connectivity index (χ2n) is 4.23. The van der Waals surface area contributed by atoms with E-state index in [1.165, 1.54) is 18.2 Å². The van der Waals surface area contributed by atoms with Gasteiger partial charge in [0.2, 0.25) is 20.0 Å². The van der Waals surface area contributed by atoms with E-state index >= 15 is 0 Å². The molecule has 0 saturated carbocycles. The minimum atomic E-state index is -3.79. The number of nitrogens with one attached hydrogen (secondary N) is 1. The fourth-order valence-corrected chi connectivity index (χ4v) is 3.37. The Kier molecular flexibility index (Phi) is 6.41. The lowest BCUT2D eigenvalue weighted by Gasteiger charge is -2.07. The van der Waals surface area contributed by atoms with Gasteiger partial charge in [-0.05, 0) is 30.5 Å². The molecule has 1 rings (SSSR count). The second-order valence-corrected chi connectivity index (χ2v) is 8.09. The Bertz CT molecular complexity index is 644. The zero-order chi connectivity index (χ0) is 15.2. The molecular weight excluding hydrogens is 324 g/mol. The molecule has 0 aromatic heterocycles. The van der Waals surface area contributed by atoms with Crippen LogP contribution >= 0.6 is 11.6 Å². The third kappa shape index (κ3) is 6.19. The Balaban J connectivity index is 2.66. The molecule has 0 radical (unpaired) electrons. The highest BCUT2D eigenvalue weighted by Crippen LogP contribution is 2.10. The fraction of sp³-hybridized carbons (Fsp3) is 0.455. The molecule has 3 N–H and O–H groups in total. The summed E-state index contributed by atoms with van der Waals surface area (Å²) in [6.45, 7) is 0.0204. The van der Waals surface area contributed by atoms with Crippen LogP contribution in [-0.2, 0) is 26.6 Å². The fourth-order valence-electron chi connectivity index (χ4n) is 1.48. The average Bonchev–Trinajstić information content (AvgIpc) is 2.36. The van der Waals surface area contributed by atoms with Crippen LogP contribution in [0.3, 0.4) is 0 Å². The van der Waals surface area contributed by atoms with Crippen LogP contribution in [0, 0.1) is 0 Å². The van der Waals surface area contributed by atoms with Gasteiger partial charge < -0.3 is 0 Å². The Morgan fingerprint density at radius 1 is 1.15 bits per heavy atom. The van der Waals surface area contributed by atoms with Crippen LogP contribution in [0.4, 0.5) is 0 Å². The highest BCUT2D eigenvalue weighted by molar-refractivity contribution is 7.89. The average molecular weight is 341 g/mol. The van der Waals surface area contributed by atoms with Crippen molar-refractivity contribution >= 4 is 31.6 Å². The van der Waals surface area contributed by atoms with Gasteiger partial charge in [-0.25, -0.2) is 26.7 Å². The van der Waals surface area contributed by atoms with Crippen molar-refractivity contribution in [3.63, 3.8) is 0 Å². The number of alkyl halides is 1. The van der Waals surface area contributed by atoms with Gasteiger partial charge in [0, 0.05) is 12.4 Å². The Morgan fingerprint density at radius 3 is 2.45 bits per heavy atom. The van der Waals surface area contributed by atoms with Crippen molar-refractivity contribution in [2.75, 3.05) is 11.6 Å². The van der Waals surface area contributed by atoms with E-state index in [1.807, 2.05) is 0 Å². The normalized spacial score (nSPS) is 12.5. The molecule has 0 spiro atoms. The lowest BCUT2D eigenvalue weighted by atomic mass is 10.2. The number of benzene rings is 1. The molecule has 9 heteroatoms. The largest absolute Gasteiger partial charge is 0.238 e. The third-order valence-corrected chi connectivity index (χ3v) is 5.11. The van der Waals surface area contributed by atoms with Gasteiger partial charge in [0.25, 0.3) is 0 Å². The summed E-state index contributed by atoms with van der Waals surface area (Å²) in [5.74, 6) is 0.417. The predicted molar refractivity (Wildman–Crippen MR) is 78.4 cm³/mol. The third-order valence-electron chi connectivity index (χ3n) is 2.52. The number of primary sulfonamides is 1. The van der Waals surface area contributed by atoms with Crippen molar-refractivity contribution in [2.24, 2.45) is 5.14 Å². The van der Waals surface area contributed by atoms with Gasteiger partial charge in [-0.3, -0.25) is 0 Å². The number of hydrogen-bond acceptors (Lipinski definition) is 4. The van der Waals surface area contributed by atoms with Gasteiger partial charge in [0.15, 0.2) is 0 Å². The first-order valence-electron chi connectivity index (χ1n) is 5.90. The summed E-state index contributed by atoms with van der Waals surface area (Å²) in [4.78, 5) is -0.0451. The van der Waals surface area contributed by atoms with E-state index in [4.69, 9.17) is 16.7 Å². The van der Waals surface area contributed by atoms with Crippen molar-refractivity contribution < 1.29 is 16.8 Å². The number of rotatable bonds is 8. The molecule has 1 aromatic rings. The van der Waals surface area contributed by atoms with E-state index in [9.17, 15) is 16.8 Å². The van der Waals surface area contributed by atoms with E-state index in [0.717, 1.165) is 0 Å². The second kappa shape index (κ2) is 7.37. The molecule has 1 aromatic carbocycles. The molecular formula is C11H17ClN2O4S2. The smallest absolute Gasteiger partial charge is 0.225 e. The maximum atomic E-state index is 11.7. The SMILES string of the molecule is NS(=O)(=O)c1cccc(CNS(=O)(=O)CCCCCl)c1. The molecule has 0 heterocycles. The van der Waals surface area contributed by atoms with Gasteiger partial charge in [-0.15, -0.1) is 11.6 Å². The molecule has 6 nitrogen and oxygen atoms in total. The monoisotopic (exact) mass is 340 g/mol. The van der Waals surface area contributed by atoms with Gasteiger partial charge in [0.05, 0.1) is 10.6 Å². The minimum absolute atomic E-state index is 0.00536. The summed E-state index contributed by atoms with van der Waals surface area (Å²) >= 11 is 5.48. The van der Waals surface area contributed by atoms with Crippen molar-refractivity contribution in [2.45, 2.75) is 24.3 Å². The summed E-state index contributed by atoms with van der Waals surface area (Å²) in [7, 11) is -7.18. The van der Waals surface area contributed by atoms with E-state index < -0.39 is 20.0 Å². The summed E-state index contributed by atoms with van der Waals surface area (Å²) in [5.41, 5.74) is 0.525. The number of hydrogen-bond donors (Lipinski definition) is 2. The Morgan fingerprint density at radius 2 is 1.85 bits per heavy atom. The molecule has 0 aliphatic rings. The first-order valence-corrected chi connectivity index (χ1v) is 9.63. The van der Waals surface area contributed by atoms with Crippen molar-refractivity contribution in [1.82, 2.24) is 4.72 Å². The molecule has 0 fully saturated rings. The Labute approximate surface area is 124 Å². The van der Waals surface area contributed by atoms with Crippen LogP contribution in [-0.4, -0.2) is 28.5 Å². The molecule has 0 amide bonds. The summed E-state index contributed by atoms with van der Waals surface area (Å²) < 4.78 is 48.1. The minimum Gasteiger partial charge on any atom is -0.225 e. The quantitative estimate of drug-likeness (QED) is 0.538. The van der Waals surface area contributed by atoms with Crippen LogP contribution in [0.25, 0.3) is 0 Å². The zero-order valence-corrected chi connectivity index (χ0v) is 13.1. The highest BCUT2D eigenvalue weighted by Gasteiger charge is 2.11. The standard InChI is InChI=1S/C11H17ClN2O4S2/c12-6-1-2-7-19(15,16)14-9-10-4-3-5-11(8-10)20(13,17)18/h3-5,8,14H,1-2,6-7,9H2,(H2,13,17,18). The molecule has 0 bridgehead atoms. The van der Waals surface area contributed by atoms with Gasteiger partial charge >= 0.3 is 0 Å². The summed E-state index contributed by atoms with van der Waals surface area (Å²) in [6, 6.07) is 5.83. The van der Waals surface area contributed by atoms with Crippen LogP contribution < -0.4 is 9.86 Å². The number of halogens is 1. The molecule has 0 atom stereocenters. The number of sulfonamides is 2. The molecule has 0 unspecified atom stereocenters.